The van der Waals surface area contributed by atoms with E-state index in [0.717, 1.165) is 31.2 Å². The van der Waals surface area contributed by atoms with Gasteiger partial charge in [-0.1, -0.05) is 12.8 Å². The summed E-state index contributed by atoms with van der Waals surface area (Å²) in [5.74, 6) is 0.946. The standard InChI is InChI=1S/C13H25NO2/c1-11-10-12-4-2-3-5-13(12)14(11)6-8-16-9-7-15/h11-13,15H,2-10H2,1H3/t11-,12+,13+/m1/s1. The number of rotatable bonds is 5. The van der Waals surface area contributed by atoms with Gasteiger partial charge in [0.2, 0.25) is 0 Å². The molecule has 2 aliphatic rings. The summed E-state index contributed by atoms with van der Waals surface area (Å²) in [5, 5.41) is 8.66. The third-order valence-corrected chi connectivity index (χ3v) is 4.23. The number of aliphatic hydroxyl groups is 1. The summed E-state index contributed by atoms with van der Waals surface area (Å²) in [6.45, 7) is 4.79. The van der Waals surface area contributed by atoms with E-state index < -0.39 is 0 Å². The zero-order chi connectivity index (χ0) is 11.4. The zero-order valence-electron chi connectivity index (χ0n) is 10.4. The molecule has 0 aromatic heterocycles. The fourth-order valence-electron chi connectivity index (χ4n) is 3.52. The fourth-order valence-corrected chi connectivity index (χ4v) is 3.52. The van der Waals surface area contributed by atoms with Gasteiger partial charge in [-0.2, -0.15) is 0 Å². The Balaban J connectivity index is 1.78. The molecule has 1 heterocycles. The minimum atomic E-state index is 0.140. The van der Waals surface area contributed by atoms with Gasteiger partial charge in [0, 0.05) is 18.6 Å². The van der Waals surface area contributed by atoms with Crippen molar-refractivity contribution in [1.82, 2.24) is 4.90 Å². The van der Waals surface area contributed by atoms with Crippen molar-refractivity contribution in [3.8, 4) is 0 Å². The highest BCUT2D eigenvalue weighted by molar-refractivity contribution is 4.93. The average molecular weight is 227 g/mol. The summed E-state index contributed by atoms with van der Waals surface area (Å²) >= 11 is 0. The Labute approximate surface area is 98.8 Å². The SMILES string of the molecule is C[C@@H]1C[C@@H]2CCCC[C@@H]2N1CCOCCO. The molecular formula is C13H25NO2. The lowest BCUT2D eigenvalue weighted by molar-refractivity contribution is 0.0564. The first kappa shape index (κ1) is 12.3. The number of ether oxygens (including phenoxy) is 1. The number of hydrogen-bond donors (Lipinski definition) is 1. The van der Waals surface area contributed by atoms with Gasteiger partial charge in [-0.15, -0.1) is 0 Å². The Kier molecular flexibility index (Phi) is 4.62. The van der Waals surface area contributed by atoms with E-state index in [4.69, 9.17) is 9.84 Å². The van der Waals surface area contributed by atoms with E-state index in [1.807, 2.05) is 0 Å². The number of hydrogen-bond acceptors (Lipinski definition) is 3. The van der Waals surface area contributed by atoms with Crippen LogP contribution < -0.4 is 0 Å². The van der Waals surface area contributed by atoms with E-state index in [-0.39, 0.29) is 6.61 Å². The first-order chi connectivity index (χ1) is 7.83. The van der Waals surface area contributed by atoms with Crippen LogP contribution in [-0.2, 0) is 4.74 Å². The summed E-state index contributed by atoms with van der Waals surface area (Å²) in [4.78, 5) is 2.64. The van der Waals surface area contributed by atoms with Crippen LogP contribution >= 0.6 is 0 Å². The molecule has 0 radical (unpaired) electrons. The van der Waals surface area contributed by atoms with E-state index in [0.29, 0.717) is 6.61 Å². The minimum absolute atomic E-state index is 0.140. The van der Waals surface area contributed by atoms with Gasteiger partial charge in [-0.25, -0.2) is 0 Å². The highest BCUT2D eigenvalue weighted by atomic mass is 16.5. The van der Waals surface area contributed by atoms with Crippen molar-refractivity contribution in [2.75, 3.05) is 26.4 Å². The van der Waals surface area contributed by atoms with Crippen LogP contribution in [0.25, 0.3) is 0 Å². The van der Waals surface area contributed by atoms with Crippen molar-refractivity contribution >= 4 is 0 Å². The lowest BCUT2D eigenvalue weighted by atomic mass is 9.85. The van der Waals surface area contributed by atoms with Crippen molar-refractivity contribution in [2.24, 2.45) is 5.92 Å². The van der Waals surface area contributed by atoms with Crippen LogP contribution in [0, 0.1) is 5.92 Å². The summed E-state index contributed by atoms with van der Waals surface area (Å²) in [6, 6.07) is 1.55. The molecule has 2 fully saturated rings. The maximum atomic E-state index is 8.66. The van der Waals surface area contributed by atoms with Crippen molar-refractivity contribution in [2.45, 2.75) is 51.1 Å². The van der Waals surface area contributed by atoms with Gasteiger partial charge in [-0.3, -0.25) is 4.90 Å². The Hall–Kier alpha value is -0.120. The Morgan fingerprint density at radius 1 is 1.25 bits per heavy atom. The molecule has 3 heteroatoms. The highest BCUT2D eigenvalue weighted by Crippen LogP contribution is 2.39. The van der Waals surface area contributed by atoms with Gasteiger partial charge in [0.25, 0.3) is 0 Å². The van der Waals surface area contributed by atoms with Gasteiger partial charge >= 0.3 is 0 Å². The number of likely N-dealkylation sites (tertiary alicyclic amines) is 1. The summed E-state index contributed by atoms with van der Waals surface area (Å²) in [7, 11) is 0. The van der Waals surface area contributed by atoms with Crippen LogP contribution in [0.15, 0.2) is 0 Å². The molecule has 0 unspecified atom stereocenters. The molecule has 1 aliphatic carbocycles. The van der Waals surface area contributed by atoms with E-state index in [9.17, 15) is 0 Å². The number of nitrogens with zero attached hydrogens (tertiary/aromatic N) is 1. The molecule has 1 N–H and O–H groups in total. The molecule has 3 nitrogen and oxygen atoms in total. The molecule has 0 aromatic rings. The van der Waals surface area contributed by atoms with Crippen LogP contribution in [0.3, 0.4) is 0 Å². The molecule has 0 bridgehead atoms. The highest BCUT2D eigenvalue weighted by Gasteiger charge is 2.39. The van der Waals surface area contributed by atoms with E-state index >= 15 is 0 Å². The molecule has 2 rings (SSSR count). The zero-order valence-corrected chi connectivity index (χ0v) is 10.4. The van der Waals surface area contributed by atoms with Crippen molar-refractivity contribution in [1.29, 1.82) is 0 Å². The molecule has 1 aliphatic heterocycles. The lowest BCUT2D eigenvalue weighted by Gasteiger charge is -2.33. The van der Waals surface area contributed by atoms with Crippen LogP contribution in [-0.4, -0.2) is 48.5 Å². The van der Waals surface area contributed by atoms with Gasteiger partial charge in [0.05, 0.1) is 19.8 Å². The maximum absolute atomic E-state index is 8.66. The van der Waals surface area contributed by atoms with Crippen LogP contribution in [0.4, 0.5) is 0 Å². The first-order valence-electron chi connectivity index (χ1n) is 6.77. The topological polar surface area (TPSA) is 32.7 Å². The van der Waals surface area contributed by atoms with Crippen LogP contribution in [0.5, 0.6) is 0 Å². The predicted molar refractivity (Wildman–Crippen MR) is 64.4 cm³/mol. The van der Waals surface area contributed by atoms with E-state index in [1.165, 1.54) is 32.1 Å². The molecule has 3 atom stereocenters. The predicted octanol–water partition coefficient (Wildman–Crippen LogP) is 1.65. The third kappa shape index (κ3) is 2.76. The summed E-state index contributed by atoms with van der Waals surface area (Å²) in [5.41, 5.74) is 0. The number of aliphatic hydroxyl groups excluding tert-OH is 1. The van der Waals surface area contributed by atoms with Crippen molar-refractivity contribution < 1.29 is 9.84 Å². The second kappa shape index (κ2) is 5.99. The molecule has 94 valence electrons. The first-order valence-corrected chi connectivity index (χ1v) is 6.77. The van der Waals surface area contributed by atoms with Gasteiger partial charge < -0.3 is 9.84 Å². The van der Waals surface area contributed by atoms with Crippen molar-refractivity contribution in [3.63, 3.8) is 0 Å². The summed E-state index contributed by atoms with van der Waals surface area (Å²) < 4.78 is 5.38. The van der Waals surface area contributed by atoms with Crippen molar-refractivity contribution in [3.05, 3.63) is 0 Å². The minimum Gasteiger partial charge on any atom is -0.394 e. The maximum Gasteiger partial charge on any atom is 0.0698 e. The molecular weight excluding hydrogens is 202 g/mol. The molecule has 1 saturated carbocycles. The Bertz CT molecular complexity index is 210. The Morgan fingerprint density at radius 3 is 2.88 bits per heavy atom. The quantitative estimate of drug-likeness (QED) is 0.725. The van der Waals surface area contributed by atoms with Gasteiger partial charge in [0.15, 0.2) is 0 Å². The average Bonchev–Trinajstić information content (AvgIpc) is 2.61. The van der Waals surface area contributed by atoms with Crippen LogP contribution in [0.2, 0.25) is 0 Å². The second-order valence-corrected chi connectivity index (χ2v) is 5.27. The third-order valence-electron chi connectivity index (χ3n) is 4.23. The van der Waals surface area contributed by atoms with Gasteiger partial charge in [-0.05, 0) is 32.1 Å². The molecule has 1 saturated heterocycles. The molecule has 0 spiro atoms. The van der Waals surface area contributed by atoms with Gasteiger partial charge in [0.1, 0.15) is 0 Å². The van der Waals surface area contributed by atoms with Crippen LogP contribution in [0.1, 0.15) is 39.0 Å². The molecule has 16 heavy (non-hydrogen) atoms. The molecule has 0 aromatic carbocycles. The van der Waals surface area contributed by atoms with E-state index in [1.54, 1.807) is 0 Å². The van der Waals surface area contributed by atoms with E-state index in [2.05, 4.69) is 11.8 Å². The number of fused-ring (bicyclic) bond motifs is 1. The largest absolute Gasteiger partial charge is 0.394 e. The lowest BCUT2D eigenvalue weighted by Crippen LogP contribution is -2.40. The molecule has 0 amide bonds. The smallest absolute Gasteiger partial charge is 0.0698 e. The normalized spacial score (nSPS) is 35.2. The fraction of sp³-hybridized carbons (Fsp3) is 1.00. The monoisotopic (exact) mass is 227 g/mol. The Morgan fingerprint density at radius 2 is 2.06 bits per heavy atom. The second-order valence-electron chi connectivity index (χ2n) is 5.27. The summed E-state index contributed by atoms with van der Waals surface area (Å²) in [6.07, 6.45) is 7.04.